The number of carbonyl (C=O) groups is 1. The average molecular weight is 220 g/mol. The predicted molar refractivity (Wildman–Crippen MR) is 56.7 cm³/mol. The Morgan fingerprint density at radius 3 is 2.71 bits per heavy atom. The minimum Gasteiger partial charge on any atom is -0.445 e. The van der Waals surface area contributed by atoms with E-state index < -0.39 is 0 Å². The van der Waals surface area contributed by atoms with E-state index in [2.05, 4.69) is 5.32 Å². The van der Waals surface area contributed by atoms with E-state index >= 15 is 0 Å². The highest BCUT2D eigenvalue weighted by Gasteiger charge is 2.17. The Bertz CT molecular complexity index is 181. The summed E-state index contributed by atoms with van der Waals surface area (Å²) in [4.78, 5) is 11.3. The van der Waals surface area contributed by atoms with Gasteiger partial charge in [0.15, 0.2) is 0 Å². The molecule has 1 N–H and O–H groups in total. The van der Waals surface area contributed by atoms with E-state index in [1.54, 1.807) is 6.92 Å². The molecule has 0 aromatic carbocycles. The lowest BCUT2D eigenvalue weighted by atomic mass is 9.96. The number of alkyl carbamates (subject to hydrolysis) is 1. The first-order valence-electron chi connectivity index (χ1n) is 5.25. The van der Waals surface area contributed by atoms with Gasteiger partial charge in [0.1, 0.15) is 6.10 Å². The fraction of sp³-hybridized carbons (Fsp3) is 0.900. The van der Waals surface area contributed by atoms with Crippen LogP contribution in [0.15, 0.2) is 0 Å². The number of halogens is 1. The average Bonchev–Trinajstić information content (AvgIpc) is 2.19. The normalized spacial score (nSPS) is 20.1. The Balaban J connectivity index is 2.18. The largest absolute Gasteiger partial charge is 0.445 e. The van der Waals surface area contributed by atoms with E-state index in [-0.39, 0.29) is 12.2 Å². The van der Waals surface area contributed by atoms with Crippen LogP contribution in [0.3, 0.4) is 0 Å². The van der Waals surface area contributed by atoms with Crippen LogP contribution in [0, 0.1) is 0 Å². The molecule has 0 aromatic heterocycles. The van der Waals surface area contributed by atoms with Crippen LogP contribution in [-0.4, -0.2) is 24.1 Å². The van der Waals surface area contributed by atoms with Gasteiger partial charge < -0.3 is 10.1 Å². The van der Waals surface area contributed by atoms with E-state index in [0.717, 1.165) is 12.8 Å². The molecule has 0 heterocycles. The Labute approximate surface area is 90.1 Å². The zero-order valence-corrected chi connectivity index (χ0v) is 9.35. The fourth-order valence-electron chi connectivity index (χ4n) is 1.66. The highest BCUT2D eigenvalue weighted by atomic mass is 35.5. The van der Waals surface area contributed by atoms with Crippen molar-refractivity contribution in [1.29, 1.82) is 0 Å². The monoisotopic (exact) mass is 219 g/mol. The minimum atomic E-state index is -0.329. The lowest BCUT2D eigenvalue weighted by Gasteiger charge is -2.23. The first-order chi connectivity index (χ1) is 6.72. The van der Waals surface area contributed by atoms with Crippen LogP contribution >= 0.6 is 11.6 Å². The smallest absolute Gasteiger partial charge is 0.407 e. The van der Waals surface area contributed by atoms with Crippen molar-refractivity contribution in [3.8, 4) is 0 Å². The van der Waals surface area contributed by atoms with E-state index in [9.17, 15) is 4.79 Å². The molecule has 1 atom stereocenters. The standard InChI is InChI=1S/C10H18ClNO2/c1-8(7-11)14-10(13)12-9-5-3-2-4-6-9/h8-9H,2-7H2,1H3,(H,12,13). The third kappa shape index (κ3) is 4.18. The minimum absolute atomic E-state index is 0.208. The van der Waals surface area contributed by atoms with Gasteiger partial charge in [-0.1, -0.05) is 19.3 Å². The fourth-order valence-corrected chi connectivity index (χ4v) is 1.72. The maximum absolute atomic E-state index is 11.3. The van der Waals surface area contributed by atoms with Gasteiger partial charge in [-0.15, -0.1) is 11.6 Å². The van der Waals surface area contributed by atoms with Crippen LogP contribution in [-0.2, 0) is 4.74 Å². The molecule has 1 unspecified atom stereocenters. The van der Waals surface area contributed by atoms with Gasteiger partial charge in [0.2, 0.25) is 0 Å². The molecule has 1 amide bonds. The summed E-state index contributed by atoms with van der Waals surface area (Å²) in [5, 5.41) is 2.86. The van der Waals surface area contributed by atoms with Gasteiger partial charge in [-0.3, -0.25) is 0 Å². The van der Waals surface area contributed by atoms with Gasteiger partial charge in [-0.25, -0.2) is 4.79 Å². The molecule has 0 saturated heterocycles. The Kier molecular flexibility index (Phi) is 5.09. The van der Waals surface area contributed by atoms with Crippen molar-refractivity contribution < 1.29 is 9.53 Å². The number of hydrogen-bond acceptors (Lipinski definition) is 2. The zero-order valence-electron chi connectivity index (χ0n) is 8.59. The summed E-state index contributed by atoms with van der Waals surface area (Å²) in [6.07, 6.45) is 5.30. The summed E-state index contributed by atoms with van der Waals surface area (Å²) >= 11 is 5.53. The SMILES string of the molecule is CC(CCl)OC(=O)NC1CCCCC1. The van der Waals surface area contributed by atoms with Crippen LogP contribution in [0.1, 0.15) is 39.0 Å². The molecule has 0 aromatic rings. The molecule has 0 bridgehead atoms. The van der Waals surface area contributed by atoms with E-state index in [1.807, 2.05) is 0 Å². The van der Waals surface area contributed by atoms with Crippen molar-refractivity contribution in [2.45, 2.75) is 51.2 Å². The summed E-state index contributed by atoms with van der Waals surface area (Å²) < 4.78 is 5.02. The van der Waals surface area contributed by atoms with Crippen molar-refractivity contribution in [3.05, 3.63) is 0 Å². The van der Waals surface area contributed by atoms with Crippen LogP contribution in [0.5, 0.6) is 0 Å². The lowest BCUT2D eigenvalue weighted by Crippen LogP contribution is -2.38. The molecular formula is C10H18ClNO2. The highest BCUT2D eigenvalue weighted by molar-refractivity contribution is 6.18. The summed E-state index contributed by atoms with van der Waals surface area (Å²) in [5.74, 6) is 0.345. The van der Waals surface area contributed by atoms with Gasteiger partial charge in [0.05, 0.1) is 5.88 Å². The number of nitrogens with one attached hydrogen (secondary N) is 1. The Hall–Kier alpha value is -0.440. The molecule has 3 nitrogen and oxygen atoms in total. The predicted octanol–water partition coefficient (Wildman–Crippen LogP) is 2.67. The molecule has 82 valence electrons. The second-order valence-corrected chi connectivity index (χ2v) is 4.16. The van der Waals surface area contributed by atoms with Crippen LogP contribution in [0.25, 0.3) is 0 Å². The molecule has 4 heteroatoms. The van der Waals surface area contributed by atoms with Crippen molar-refractivity contribution in [1.82, 2.24) is 5.32 Å². The molecule has 0 spiro atoms. The number of rotatable bonds is 3. The summed E-state index contributed by atoms with van der Waals surface area (Å²) in [6, 6.07) is 0.304. The van der Waals surface area contributed by atoms with E-state index in [4.69, 9.17) is 16.3 Å². The number of carbonyl (C=O) groups excluding carboxylic acids is 1. The maximum Gasteiger partial charge on any atom is 0.407 e. The van der Waals surface area contributed by atoms with E-state index in [0.29, 0.717) is 11.9 Å². The van der Waals surface area contributed by atoms with Crippen LogP contribution in [0.2, 0.25) is 0 Å². The Morgan fingerprint density at radius 1 is 1.50 bits per heavy atom. The highest BCUT2D eigenvalue weighted by Crippen LogP contribution is 2.17. The van der Waals surface area contributed by atoms with Gasteiger partial charge in [-0.05, 0) is 19.8 Å². The number of ether oxygens (including phenoxy) is 1. The van der Waals surface area contributed by atoms with Crippen molar-refractivity contribution in [2.75, 3.05) is 5.88 Å². The number of alkyl halides is 1. The molecule has 0 aliphatic heterocycles. The van der Waals surface area contributed by atoms with Crippen molar-refractivity contribution >= 4 is 17.7 Å². The molecule has 1 aliphatic rings. The lowest BCUT2D eigenvalue weighted by molar-refractivity contribution is 0.111. The van der Waals surface area contributed by atoms with Gasteiger partial charge in [0.25, 0.3) is 0 Å². The van der Waals surface area contributed by atoms with Gasteiger partial charge >= 0.3 is 6.09 Å². The van der Waals surface area contributed by atoms with Gasteiger partial charge in [0, 0.05) is 6.04 Å². The molecule has 1 saturated carbocycles. The topological polar surface area (TPSA) is 38.3 Å². The van der Waals surface area contributed by atoms with E-state index in [1.165, 1.54) is 19.3 Å². The third-order valence-electron chi connectivity index (χ3n) is 2.45. The van der Waals surface area contributed by atoms with Crippen LogP contribution in [0.4, 0.5) is 4.79 Å². The molecule has 1 rings (SSSR count). The summed E-state index contributed by atoms with van der Waals surface area (Å²) in [5.41, 5.74) is 0. The molecular weight excluding hydrogens is 202 g/mol. The second kappa shape index (κ2) is 6.12. The Morgan fingerprint density at radius 2 is 2.14 bits per heavy atom. The summed E-state index contributed by atoms with van der Waals surface area (Å²) in [6.45, 7) is 1.79. The first-order valence-corrected chi connectivity index (χ1v) is 5.79. The number of hydrogen-bond donors (Lipinski definition) is 1. The first kappa shape index (κ1) is 11.6. The molecule has 1 fully saturated rings. The number of amides is 1. The molecule has 1 aliphatic carbocycles. The molecule has 0 radical (unpaired) electrons. The molecule has 14 heavy (non-hydrogen) atoms. The third-order valence-corrected chi connectivity index (χ3v) is 2.89. The summed E-state index contributed by atoms with van der Waals surface area (Å²) in [7, 11) is 0. The van der Waals surface area contributed by atoms with Crippen molar-refractivity contribution in [2.24, 2.45) is 0 Å². The van der Waals surface area contributed by atoms with Crippen molar-refractivity contribution in [3.63, 3.8) is 0 Å². The van der Waals surface area contributed by atoms with Gasteiger partial charge in [-0.2, -0.15) is 0 Å². The zero-order chi connectivity index (χ0) is 10.4. The van der Waals surface area contributed by atoms with Crippen LogP contribution < -0.4 is 5.32 Å². The maximum atomic E-state index is 11.3. The quantitative estimate of drug-likeness (QED) is 0.742. The second-order valence-electron chi connectivity index (χ2n) is 3.85.